The van der Waals surface area contributed by atoms with Crippen LogP contribution in [0.3, 0.4) is 0 Å². The van der Waals surface area contributed by atoms with E-state index in [0.29, 0.717) is 26.3 Å². The standard InChI is InChI=1S/C13H18FN7O5/c14-9-10(23)13(7-22,18-19-15)26-11(9)21-2-1-8(16-12(21)24)17-20-3-5-25-6-4-20/h1-2,9-11,22-23H,3-7H2,(H,16,17,24)/t9-,10?,11+,13+/m0/s1. The molecular formula is C13H18FN7O5. The molecule has 4 atom stereocenters. The Labute approximate surface area is 146 Å². The van der Waals surface area contributed by atoms with Gasteiger partial charge in [-0.15, -0.1) is 0 Å². The number of ether oxygens (including phenoxy) is 2. The number of rotatable bonds is 5. The smallest absolute Gasteiger partial charge is 0.351 e. The maximum atomic E-state index is 14.4. The van der Waals surface area contributed by atoms with Crippen molar-refractivity contribution in [1.29, 1.82) is 0 Å². The van der Waals surface area contributed by atoms with Gasteiger partial charge >= 0.3 is 5.69 Å². The van der Waals surface area contributed by atoms with Gasteiger partial charge in [-0.2, -0.15) is 4.98 Å². The van der Waals surface area contributed by atoms with E-state index in [-0.39, 0.29) is 5.82 Å². The van der Waals surface area contributed by atoms with Gasteiger partial charge in [0.05, 0.1) is 19.8 Å². The van der Waals surface area contributed by atoms with Crippen molar-refractivity contribution < 1.29 is 24.1 Å². The molecule has 1 aromatic rings. The van der Waals surface area contributed by atoms with Gasteiger partial charge in [0, 0.05) is 24.2 Å². The number of aromatic nitrogens is 2. The largest absolute Gasteiger partial charge is 0.393 e. The zero-order valence-corrected chi connectivity index (χ0v) is 13.6. The summed E-state index contributed by atoms with van der Waals surface area (Å²) in [6.07, 6.45) is -4.40. The molecular weight excluding hydrogens is 353 g/mol. The molecule has 2 aliphatic rings. The number of nitrogens with zero attached hydrogens (tertiary/aromatic N) is 6. The fourth-order valence-corrected chi connectivity index (χ4v) is 2.79. The second kappa shape index (κ2) is 7.53. The zero-order valence-electron chi connectivity index (χ0n) is 13.6. The van der Waals surface area contributed by atoms with Gasteiger partial charge in [0.1, 0.15) is 11.9 Å². The van der Waals surface area contributed by atoms with E-state index in [0.717, 1.165) is 4.57 Å². The molecule has 26 heavy (non-hydrogen) atoms. The van der Waals surface area contributed by atoms with Crippen LogP contribution in [0.1, 0.15) is 6.23 Å². The van der Waals surface area contributed by atoms with E-state index in [9.17, 15) is 19.4 Å². The lowest BCUT2D eigenvalue weighted by Crippen LogP contribution is -2.43. The number of aliphatic hydroxyl groups is 2. The molecule has 1 unspecified atom stereocenters. The van der Waals surface area contributed by atoms with Crippen LogP contribution >= 0.6 is 0 Å². The van der Waals surface area contributed by atoms with Crippen LogP contribution in [0.5, 0.6) is 0 Å². The Morgan fingerprint density at radius 3 is 2.88 bits per heavy atom. The van der Waals surface area contributed by atoms with Crippen molar-refractivity contribution in [3.05, 3.63) is 33.2 Å². The first-order chi connectivity index (χ1) is 12.5. The predicted octanol–water partition coefficient (Wildman–Crippen LogP) is -0.871. The van der Waals surface area contributed by atoms with Crippen molar-refractivity contribution in [1.82, 2.24) is 14.6 Å². The van der Waals surface area contributed by atoms with Gasteiger partial charge < -0.3 is 25.1 Å². The molecule has 2 aliphatic heterocycles. The van der Waals surface area contributed by atoms with Gasteiger partial charge in [-0.3, -0.25) is 4.57 Å². The molecule has 0 bridgehead atoms. The Morgan fingerprint density at radius 1 is 1.54 bits per heavy atom. The molecule has 0 spiro atoms. The van der Waals surface area contributed by atoms with Crippen molar-refractivity contribution >= 4 is 5.82 Å². The van der Waals surface area contributed by atoms with Crippen LogP contribution < -0.4 is 11.1 Å². The van der Waals surface area contributed by atoms with E-state index < -0.39 is 36.5 Å². The first-order valence-electron chi connectivity index (χ1n) is 7.86. The molecule has 0 saturated carbocycles. The van der Waals surface area contributed by atoms with E-state index in [1.807, 2.05) is 5.01 Å². The number of aliphatic hydroxyl groups excluding tert-OH is 2. The van der Waals surface area contributed by atoms with Crippen LogP contribution in [0.15, 0.2) is 22.2 Å². The summed E-state index contributed by atoms with van der Waals surface area (Å²) in [5.74, 6) is 0.255. The van der Waals surface area contributed by atoms with Crippen molar-refractivity contribution in [3.8, 4) is 0 Å². The quantitative estimate of drug-likeness (QED) is 0.342. The number of halogens is 1. The van der Waals surface area contributed by atoms with E-state index in [1.165, 1.54) is 12.3 Å². The summed E-state index contributed by atoms with van der Waals surface area (Å²) in [6, 6.07) is 1.44. The Kier molecular flexibility index (Phi) is 5.36. The van der Waals surface area contributed by atoms with Crippen LogP contribution in [0.2, 0.25) is 0 Å². The summed E-state index contributed by atoms with van der Waals surface area (Å²) in [7, 11) is 0. The molecule has 3 N–H and O–H groups in total. The molecule has 0 aliphatic carbocycles. The molecule has 1 aromatic heterocycles. The number of nitrogens with one attached hydrogen (secondary N) is 1. The Balaban J connectivity index is 1.81. The minimum Gasteiger partial charge on any atom is -0.393 e. The average molecular weight is 371 g/mol. The molecule has 142 valence electrons. The lowest BCUT2D eigenvalue weighted by molar-refractivity contribution is -0.124. The monoisotopic (exact) mass is 371 g/mol. The molecule has 2 fully saturated rings. The normalized spacial score (nSPS) is 32.2. The number of hydrogen-bond donors (Lipinski definition) is 3. The third-order valence-electron chi connectivity index (χ3n) is 4.19. The van der Waals surface area contributed by atoms with Crippen LogP contribution in [-0.2, 0) is 9.47 Å². The van der Waals surface area contributed by atoms with E-state index in [4.69, 9.17) is 15.0 Å². The predicted molar refractivity (Wildman–Crippen MR) is 84.5 cm³/mol. The van der Waals surface area contributed by atoms with Gasteiger partial charge in [-0.1, -0.05) is 5.11 Å². The summed E-state index contributed by atoms with van der Waals surface area (Å²) < 4.78 is 25.7. The SMILES string of the molecule is [N-]=[N+]=N[C@]1(CO)O[C@@H](n2ccc(NN3CCOCC3)nc2=O)[C@@H](F)C1O. The number of morpholine rings is 1. The van der Waals surface area contributed by atoms with Gasteiger partial charge in [0.15, 0.2) is 12.4 Å². The Hall–Kier alpha value is -2.28. The van der Waals surface area contributed by atoms with Crippen LogP contribution in [-0.4, -0.2) is 75.7 Å². The minimum atomic E-state index is -2.21. The Bertz CT molecular complexity index is 751. The topological polar surface area (TPSA) is 158 Å². The number of anilines is 1. The summed E-state index contributed by atoms with van der Waals surface area (Å²) in [6.45, 7) is 1.36. The average Bonchev–Trinajstić information content (AvgIpc) is 2.89. The van der Waals surface area contributed by atoms with Gasteiger partial charge in [-0.25, -0.2) is 14.2 Å². The van der Waals surface area contributed by atoms with Gasteiger partial charge in [0.25, 0.3) is 0 Å². The van der Waals surface area contributed by atoms with Crippen molar-refractivity contribution in [3.63, 3.8) is 0 Å². The third-order valence-corrected chi connectivity index (χ3v) is 4.19. The van der Waals surface area contributed by atoms with Crippen LogP contribution in [0.4, 0.5) is 10.2 Å². The summed E-state index contributed by atoms with van der Waals surface area (Å²) >= 11 is 0. The van der Waals surface area contributed by atoms with Crippen molar-refractivity contribution in [2.45, 2.75) is 24.2 Å². The first kappa shape index (κ1) is 18.5. The number of hydrazine groups is 1. The third kappa shape index (κ3) is 3.35. The number of alkyl halides is 1. The zero-order chi connectivity index (χ0) is 18.7. The number of azide groups is 1. The summed E-state index contributed by atoms with van der Waals surface area (Å²) in [4.78, 5) is 18.5. The highest BCUT2D eigenvalue weighted by molar-refractivity contribution is 5.30. The minimum absolute atomic E-state index is 0.255. The van der Waals surface area contributed by atoms with Crippen molar-refractivity contribution in [2.24, 2.45) is 5.11 Å². The molecule has 3 rings (SSSR count). The molecule has 12 nitrogen and oxygen atoms in total. The second-order valence-electron chi connectivity index (χ2n) is 5.80. The van der Waals surface area contributed by atoms with E-state index >= 15 is 0 Å². The van der Waals surface area contributed by atoms with Crippen LogP contribution in [0, 0.1) is 0 Å². The lowest BCUT2D eigenvalue weighted by atomic mass is 10.1. The summed E-state index contributed by atoms with van der Waals surface area (Å²) in [5, 5.41) is 24.3. The molecule has 0 aromatic carbocycles. The van der Waals surface area contributed by atoms with Gasteiger partial charge in [0.2, 0.25) is 5.72 Å². The molecule has 0 amide bonds. The fourth-order valence-electron chi connectivity index (χ4n) is 2.79. The fraction of sp³-hybridized carbons (Fsp3) is 0.692. The lowest BCUT2D eigenvalue weighted by Gasteiger charge is -2.27. The molecule has 0 radical (unpaired) electrons. The second-order valence-corrected chi connectivity index (χ2v) is 5.80. The maximum Gasteiger partial charge on any atom is 0.351 e. The van der Waals surface area contributed by atoms with Crippen molar-refractivity contribution in [2.75, 3.05) is 38.3 Å². The summed E-state index contributed by atoms with van der Waals surface area (Å²) in [5.41, 5.74) is 8.47. The first-order valence-corrected chi connectivity index (χ1v) is 7.86. The van der Waals surface area contributed by atoms with Gasteiger partial charge in [-0.05, 0) is 11.6 Å². The molecule has 13 heteroatoms. The maximum absolute atomic E-state index is 14.4. The highest BCUT2D eigenvalue weighted by Crippen LogP contribution is 2.39. The molecule has 2 saturated heterocycles. The van der Waals surface area contributed by atoms with E-state index in [2.05, 4.69) is 20.4 Å². The molecule has 3 heterocycles. The highest BCUT2D eigenvalue weighted by atomic mass is 19.1. The number of hydrogen-bond acceptors (Lipinski definition) is 9. The highest BCUT2D eigenvalue weighted by Gasteiger charge is 2.56. The van der Waals surface area contributed by atoms with Crippen LogP contribution in [0.25, 0.3) is 10.4 Å². The Morgan fingerprint density at radius 2 is 2.27 bits per heavy atom. The van der Waals surface area contributed by atoms with E-state index in [1.54, 1.807) is 0 Å².